The van der Waals surface area contributed by atoms with E-state index in [4.69, 9.17) is 22.3 Å². The fourth-order valence-electron chi connectivity index (χ4n) is 3.54. The van der Waals surface area contributed by atoms with Gasteiger partial charge < -0.3 is 15.4 Å². The first-order valence-corrected chi connectivity index (χ1v) is 9.52. The second kappa shape index (κ2) is 8.00. The fraction of sp³-hybridized carbons (Fsp3) is 0.250. The number of primary amides is 1. The molecule has 3 aromatic rings. The van der Waals surface area contributed by atoms with E-state index in [1.54, 1.807) is 24.7 Å². The Morgan fingerprint density at radius 1 is 1.17 bits per heavy atom. The molecule has 0 spiro atoms. The minimum absolute atomic E-state index is 0.353. The lowest BCUT2D eigenvalue weighted by molar-refractivity contribution is -0.142. The molecule has 1 aliphatic rings. The number of carbonyl (C=O) groups excluding carboxylic acids is 2. The van der Waals surface area contributed by atoms with Crippen LogP contribution in [0, 0.1) is 5.92 Å². The molecule has 8 nitrogen and oxygen atoms in total. The van der Waals surface area contributed by atoms with Crippen molar-refractivity contribution in [1.82, 2.24) is 15.0 Å². The van der Waals surface area contributed by atoms with E-state index < -0.39 is 12.1 Å². The molecule has 3 aromatic heterocycles. The Hall–Kier alpha value is -3.26. The van der Waals surface area contributed by atoms with Gasteiger partial charge in [0.25, 0.3) is 0 Å². The van der Waals surface area contributed by atoms with Gasteiger partial charge in [-0.2, -0.15) is 0 Å². The van der Waals surface area contributed by atoms with E-state index in [9.17, 15) is 9.59 Å². The predicted molar refractivity (Wildman–Crippen MR) is 108 cm³/mol. The Bertz CT molecular complexity index is 1080. The maximum absolute atomic E-state index is 12.0. The van der Waals surface area contributed by atoms with Gasteiger partial charge in [-0.15, -0.1) is 0 Å². The fourth-order valence-corrected chi connectivity index (χ4v) is 3.71. The van der Waals surface area contributed by atoms with Crippen LogP contribution in [-0.4, -0.2) is 40.1 Å². The van der Waals surface area contributed by atoms with Crippen molar-refractivity contribution in [1.29, 1.82) is 0 Å². The topological polar surface area (TPSA) is 111 Å². The number of anilines is 1. The van der Waals surface area contributed by atoms with Crippen LogP contribution in [0.2, 0.25) is 5.15 Å². The Kier molecular flexibility index (Phi) is 5.26. The van der Waals surface area contributed by atoms with Gasteiger partial charge in [0.2, 0.25) is 0 Å². The monoisotopic (exact) mass is 411 g/mol. The van der Waals surface area contributed by atoms with Crippen molar-refractivity contribution in [3.05, 3.63) is 48.0 Å². The maximum atomic E-state index is 12.0. The second-order valence-corrected chi connectivity index (χ2v) is 7.18. The van der Waals surface area contributed by atoms with Gasteiger partial charge in [0, 0.05) is 48.0 Å². The molecule has 0 saturated carbocycles. The lowest BCUT2D eigenvalue weighted by Gasteiger charge is -2.32. The van der Waals surface area contributed by atoms with Crippen LogP contribution in [0.1, 0.15) is 12.8 Å². The summed E-state index contributed by atoms with van der Waals surface area (Å²) in [7, 11) is 0. The summed E-state index contributed by atoms with van der Waals surface area (Å²) in [5.41, 5.74) is 6.56. The molecule has 4 heterocycles. The minimum Gasteiger partial charge on any atom is -0.376 e. The van der Waals surface area contributed by atoms with Crippen molar-refractivity contribution in [2.24, 2.45) is 11.7 Å². The van der Waals surface area contributed by atoms with Crippen LogP contribution in [0.25, 0.3) is 22.0 Å². The molecule has 0 unspecified atom stereocenters. The van der Waals surface area contributed by atoms with Crippen molar-refractivity contribution in [3.8, 4) is 11.3 Å². The number of hydrogen-bond acceptors (Lipinski definition) is 7. The summed E-state index contributed by atoms with van der Waals surface area (Å²) < 4.78 is 4.53. The largest absolute Gasteiger partial charge is 0.412 e. The quantitative estimate of drug-likeness (QED) is 0.400. The first-order chi connectivity index (χ1) is 14.0. The Morgan fingerprint density at radius 2 is 1.97 bits per heavy atom. The third-order valence-electron chi connectivity index (χ3n) is 4.96. The van der Waals surface area contributed by atoms with Crippen LogP contribution in [-0.2, 0) is 9.53 Å². The van der Waals surface area contributed by atoms with Gasteiger partial charge in [0.05, 0.1) is 11.6 Å². The number of amides is 1. The molecule has 1 fully saturated rings. The molecule has 1 amide bonds. The molecule has 4 rings (SSSR count). The van der Waals surface area contributed by atoms with Crippen LogP contribution in [0.5, 0.6) is 0 Å². The van der Waals surface area contributed by atoms with Gasteiger partial charge in [-0.25, -0.2) is 14.8 Å². The van der Waals surface area contributed by atoms with Crippen LogP contribution in [0.15, 0.2) is 42.9 Å². The third kappa shape index (κ3) is 4.12. The highest BCUT2D eigenvalue weighted by atomic mass is 35.5. The van der Waals surface area contributed by atoms with E-state index in [0.717, 1.165) is 27.8 Å². The SMILES string of the molecule is NC(=O)OC(=O)C1CCN(c2nc(-c3ccnc(Cl)c3)cc3cnccc23)CC1. The van der Waals surface area contributed by atoms with Crippen molar-refractivity contribution in [3.63, 3.8) is 0 Å². The zero-order valence-electron chi connectivity index (χ0n) is 15.4. The Balaban J connectivity index is 1.65. The van der Waals surface area contributed by atoms with Crippen LogP contribution < -0.4 is 10.6 Å². The smallest absolute Gasteiger partial charge is 0.376 e. The zero-order chi connectivity index (χ0) is 20.4. The first-order valence-electron chi connectivity index (χ1n) is 9.14. The molecule has 1 saturated heterocycles. The van der Waals surface area contributed by atoms with Gasteiger partial charge in [0.15, 0.2) is 0 Å². The van der Waals surface area contributed by atoms with Gasteiger partial charge in [-0.05, 0) is 37.1 Å². The third-order valence-corrected chi connectivity index (χ3v) is 5.17. The molecule has 0 aromatic carbocycles. The molecular formula is C20H18ClN5O3. The number of piperidine rings is 1. The summed E-state index contributed by atoms with van der Waals surface area (Å²) in [5, 5.41) is 2.32. The lowest BCUT2D eigenvalue weighted by Crippen LogP contribution is -2.38. The summed E-state index contributed by atoms with van der Waals surface area (Å²) in [6.07, 6.45) is 5.19. The number of halogens is 1. The summed E-state index contributed by atoms with van der Waals surface area (Å²) in [6.45, 7) is 1.20. The maximum Gasteiger partial charge on any atom is 0.412 e. The number of nitrogens with zero attached hydrogens (tertiary/aromatic N) is 4. The van der Waals surface area contributed by atoms with Gasteiger partial charge in [-0.1, -0.05) is 11.6 Å². The van der Waals surface area contributed by atoms with Crippen molar-refractivity contribution in [2.45, 2.75) is 12.8 Å². The molecular weight excluding hydrogens is 394 g/mol. The van der Waals surface area contributed by atoms with Crippen molar-refractivity contribution >= 4 is 40.3 Å². The normalized spacial score (nSPS) is 14.7. The highest BCUT2D eigenvalue weighted by Crippen LogP contribution is 2.32. The van der Waals surface area contributed by atoms with Gasteiger partial charge in [0.1, 0.15) is 11.0 Å². The van der Waals surface area contributed by atoms with Crippen molar-refractivity contribution < 1.29 is 14.3 Å². The number of fused-ring (bicyclic) bond motifs is 1. The number of hydrogen-bond donors (Lipinski definition) is 1. The number of nitrogens with two attached hydrogens (primary N) is 1. The zero-order valence-corrected chi connectivity index (χ0v) is 16.2. The number of pyridine rings is 3. The molecule has 0 aliphatic carbocycles. The molecule has 0 bridgehead atoms. The lowest BCUT2D eigenvalue weighted by atomic mass is 9.96. The van der Waals surface area contributed by atoms with Crippen LogP contribution in [0.4, 0.5) is 10.6 Å². The van der Waals surface area contributed by atoms with E-state index in [-0.39, 0.29) is 5.92 Å². The molecule has 1 aliphatic heterocycles. The summed E-state index contributed by atoms with van der Waals surface area (Å²) in [5.74, 6) is -0.109. The number of esters is 1. The number of aromatic nitrogens is 3. The van der Waals surface area contributed by atoms with Crippen LogP contribution >= 0.6 is 11.6 Å². The molecule has 29 heavy (non-hydrogen) atoms. The molecule has 9 heteroatoms. The van der Waals surface area contributed by atoms with E-state index in [2.05, 4.69) is 19.6 Å². The average Bonchev–Trinajstić information content (AvgIpc) is 2.72. The van der Waals surface area contributed by atoms with E-state index in [0.29, 0.717) is 31.1 Å². The number of carbonyl (C=O) groups is 2. The standard InChI is InChI=1S/C20H18ClN5O3/c21-17-10-13(1-6-24-17)16-9-14-11-23-5-2-15(14)18(25-16)26-7-3-12(4-8-26)19(27)29-20(22)28/h1-2,5-6,9-12H,3-4,7-8H2,(H2,22,28). The van der Waals surface area contributed by atoms with E-state index in [1.165, 1.54) is 0 Å². The van der Waals surface area contributed by atoms with Crippen LogP contribution in [0.3, 0.4) is 0 Å². The van der Waals surface area contributed by atoms with E-state index in [1.807, 2.05) is 18.2 Å². The molecule has 0 radical (unpaired) electrons. The summed E-state index contributed by atoms with van der Waals surface area (Å²) >= 11 is 6.04. The summed E-state index contributed by atoms with van der Waals surface area (Å²) in [4.78, 5) is 38.0. The van der Waals surface area contributed by atoms with Crippen molar-refractivity contribution in [2.75, 3.05) is 18.0 Å². The Labute approximate surface area is 171 Å². The van der Waals surface area contributed by atoms with Gasteiger partial charge >= 0.3 is 12.1 Å². The highest BCUT2D eigenvalue weighted by Gasteiger charge is 2.28. The number of ether oxygens (including phenoxy) is 1. The molecule has 0 atom stereocenters. The minimum atomic E-state index is -1.07. The average molecular weight is 412 g/mol. The molecule has 2 N–H and O–H groups in total. The second-order valence-electron chi connectivity index (χ2n) is 6.80. The predicted octanol–water partition coefficient (Wildman–Crippen LogP) is 3.18. The summed E-state index contributed by atoms with van der Waals surface area (Å²) in [6, 6.07) is 7.51. The first kappa shape index (κ1) is 19.1. The van der Waals surface area contributed by atoms with E-state index >= 15 is 0 Å². The highest BCUT2D eigenvalue weighted by molar-refractivity contribution is 6.29. The Morgan fingerprint density at radius 3 is 2.69 bits per heavy atom. The number of rotatable bonds is 3. The van der Waals surface area contributed by atoms with Gasteiger partial charge in [-0.3, -0.25) is 9.78 Å². The molecule has 148 valence electrons.